The van der Waals surface area contributed by atoms with E-state index in [1.54, 1.807) is 0 Å². The van der Waals surface area contributed by atoms with E-state index in [9.17, 15) is 81.7 Å². The first-order valence-corrected chi connectivity index (χ1v) is 20.6. The maximum Gasteiger partial charge on any atom is 0.187 e. The Morgan fingerprint density at radius 1 is 0.317 bits per heavy atom. The number of hydrogen-bond donors (Lipinski definition) is 16. The lowest BCUT2D eigenvalue weighted by Crippen LogP contribution is -2.66. The molecule has 6 aliphatic heterocycles. The van der Waals surface area contributed by atoms with E-state index in [-0.39, 0.29) is 0 Å². The molecule has 27 heteroatoms. The summed E-state index contributed by atoms with van der Waals surface area (Å²) in [6, 6.07) is 0. The van der Waals surface area contributed by atoms with Crippen molar-refractivity contribution < 1.29 is 134 Å². The average molecular weight is 927 g/mol. The molecule has 0 aliphatic carbocycles. The summed E-state index contributed by atoms with van der Waals surface area (Å²) in [5, 5.41) is 170. The molecule has 0 spiro atoms. The Morgan fingerprint density at radius 2 is 0.730 bits per heavy atom. The van der Waals surface area contributed by atoms with Gasteiger partial charge in [-0.1, -0.05) is 0 Å². The van der Waals surface area contributed by atoms with E-state index >= 15 is 0 Å². The maximum atomic E-state index is 11.1. The number of ether oxygens (including phenoxy) is 11. The van der Waals surface area contributed by atoms with Crippen LogP contribution in [-0.2, 0) is 52.1 Å². The van der Waals surface area contributed by atoms with E-state index < -0.39 is 197 Å². The summed E-state index contributed by atoms with van der Waals surface area (Å²) in [5.41, 5.74) is 0. The molecule has 0 aromatic carbocycles. The number of rotatable bonds is 12. The molecule has 6 rings (SSSR count). The van der Waals surface area contributed by atoms with E-state index in [0.717, 1.165) is 0 Å². The van der Waals surface area contributed by atoms with Crippen molar-refractivity contribution in [2.45, 2.75) is 212 Å². The zero-order valence-electron chi connectivity index (χ0n) is 34.4. The predicted molar refractivity (Wildman–Crippen MR) is 194 cm³/mol. The molecule has 0 amide bonds. The highest BCUT2D eigenvalue weighted by Gasteiger charge is 2.56. The minimum Gasteiger partial charge on any atom is -0.394 e. The third kappa shape index (κ3) is 10.5. The van der Waals surface area contributed by atoms with Gasteiger partial charge in [-0.25, -0.2) is 0 Å². The molecule has 16 N–H and O–H groups in total. The smallest absolute Gasteiger partial charge is 0.187 e. The van der Waals surface area contributed by atoms with Crippen molar-refractivity contribution in [2.75, 3.05) is 13.2 Å². The molecule has 0 aromatic rings. The van der Waals surface area contributed by atoms with Crippen LogP contribution < -0.4 is 0 Å². The van der Waals surface area contributed by atoms with Crippen LogP contribution in [0.4, 0.5) is 0 Å². The Labute approximate surface area is 358 Å². The van der Waals surface area contributed by atoms with Crippen LogP contribution in [-0.4, -0.2) is 279 Å². The van der Waals surface area contributed by atoms with E-state index in [1.807, 2.05) is 0 Å². The van der Waals surface area contributed by atoms with E-state index in [1.165, 1.54) is 27.7 Å². The SMILES string of the molecule is C[C@@H]1O[C@@H](O[C@@H]2[C@@H](O)[C@H](O[C@@H]3[C@@H](O)[C@@H](O)[C@H](OC[C@H]4OC(O)[C@H](O[C@@H]5O[C@H](CO)[C@@H](O)[C@H](O)[C@H]5O[C@@H]5O[C@@H](C)[C@H](O)[C@@H](O)[C@H]5O)[C@@H](O)[C@@H]4O)O[C@H]3C)O[C@H](C)[C@H]2O)[C@H](O)[C@H](O)[C@H]1O. The van der Waals surface area contributed by atoms with Gasteiger partial charge in [-0.3, -0.25) is 0 Å². The largest absolute Gasteiger partial charge is 0.394 e. The Kier molecular flexibility index (Phi) is 17.2. The van der Waals surface area contributed by atoms with Gasteiger partial charge in [0.05, 0.1) is 37.6 Å². The lowest BCUT2D eigenvalue weighted by molar-refractivity contribution is -0.392. The molecule has 6 saturated heterocycles. The van der Waals surface area contributed by atoms with Gasteiger partial charge in [0.15, 0.2) is 37.7 Å². The molecule has 0 bridgehead atoms. The second-order valence-corrected chi connectivity index (χ2v) is 16.7. The van der Waals surface area contributed by atoms with Gasteiger partial charge in [0, 0.05) is 0 Å². The van der Waals surface area contributed by atoms with Gasteiger partial charge in [0.2, 0.25) is 0 Å². The van der Waals surface area contributed by atoms with Gasteiger partial charge in [-0.15, -0.1) is 0 Å². The zero-order chi connectivity index (χ0) is 46.5. The van der Waals surface area contributed by atoms with Crippen LogP contribution in [0.25, 0.3) is 0 Å². The van der Waals surface area contributed by atoms with Crippen molar-refractivity contribution in [2.24, 2.45) is 0 Å². The van der Waals surface area contributed by atoms with Gasteiger partial charge < -0.3 is 134 Å². The van der Waals surface area contributed by atoms with Crippen LogP contribution in [0.5, 0.6) is 0 Å². The summed E-state index contributed by atoms with van der Waals surface area (Å²) in [6.07, 6.45) is -49.7. The summed E-state index contributed by atoms with van der Waals surface area (Å²) < 4.78 is 61.5. The lowest BCUT2D eigenvalue weighted by atomic mass is 9.96. The number of hydrogen-bond acceptors (Lipinski definition) is 27. The standard InChI is InChI=1S/C36H62O27/c1-7-13(38)18(43)23(48)33(54-7)61-28-15(40)9(3)56-35(26(28)51)60-27-10(4)57-32(25(50)22(27)47)53-6-12-17(42)20(45)29(31(52)58-12)62-36-30(21(46)16(41)11(5-37)59-36)63-34-24(49)19(44)14(39)8(2)55-34/h7-52H,5-6H2,1-4H3/t7-,8-,9+,10-,11+,12+,13-,14-,15+,16+,17+,18+,19+,20-,21-,22-,23+,24+,25+,26+,27-,28-,29+,30+,31?,32+,33-,34-,35-,36-/m0/s1. The van der Waals surface area contributed by atoms with Gasteiger partial charge in [-0.05, 0) is 27.7 Å². The minimum atomic E-state index is -2.10. The molecule has 0 aromatic heterocycles. The molecule has 0 radical (unpaired) electrons. The summed E-state index contributed by atoms with van der Waals surface area (Å²) >= 11 is 0. The summed E-state index contributed by atoms with van der Waals surface area (Å²) in [6.45, 7) is 3.98. The van der Waals surface area contributed by atoms with Crippen LogP contribution >= 0.6 is 0 Å². The molecule has 6 aliphatic rings. The van der Waals surface area contributed by atoms with Crippen LogP contribution in [0.3, 0.4) is 0 Å². The van der Waals surface area contributed by atoms with Gasteiger partial charge in [0.25, 0.3) is 0 Å². The second kappa shape index (κ2) is 21.1. The normalized spacial score (nSPS) is 56.0. The topological polar surface area (TPSA) is 425 Å². The van der Waals surface area contributed by atoms with Crippen molar-refractivity contribution in [3.8, 4) is 0 Å². The highest BCUT2D eigenvalue weighted by atomic mass is 16.8. The fourth-order valence-electron chi connectivity index (χ4n) is 8.18. The molecule has 1 unspecified atom stereocenters. The molecular formula is C36H62O27. The van der Waals surface area contributed by atoms with Crippen molar-refractivity contribution in [1.82, 2.24) is 0 Å². The summed E-state index contributed by atoms with van der Waals surface area (Å²) in [7, 11) is 0. The summed E-state index contributed by atoms with van der Waals surface area (Å²) in [4.78, 5) is 0. The third-order valence-corrected chi connectivity index (χ3v) is 12.3. The number of aliphatic hydroxyl groups excluding tert-OH is 16. The monoisotopic (exact) mass is 926 g/mol. The van der Waals surface area contributed by atoms with E-state index in [0.29, 0.717) is 0 Å². The molecule has 0 saturated carbocycles. The van der Waals surface area contributed by atoms with Crippen LogP contribution in [0, 0.1) is 0 Å². The quantitative estimate of drug-likeness (QED) is 0.0864. The van der Waals surface area contributed by atoms with E-state index in [2.05, 4.69) is 0 Å². The number of aliphatic hydroxyl groups is 16. The lowest BCUT2D eigenvalue weighted by Gasteiger charge is -2.48. The summed E-state index contributed by atoms with van der Waals surface area (Å²) in [5.74, 6) is 0. The van der Waals surface area contributed by atoms with Gasteiger partial charge in [0.1, 0.15) is 122 Å². The molecule has 6 heterocycles. The third-order valence-electron chi connectivity index (χ3n) is 12.3. The van der Waals surface area contributed by atoms with Gasteiger partial charge in [-0.2, -0.15) is 0 Å². The van der Waals surface area contributed by atoms with Crippen LogP contribution in [0.1, 0.15) is 27.7 Å². The Balaban J connectivity index is 1.04. The first-order valence-electron chi connectivity index (χ1n) is 20.6. The second-order valence-electron chi connectivity index (χ2n) is 16.7. The first-order chi connectivity index (χ1) is 29.6. The highest BCUT2D eigenvalue weighted by molar-refractivity contribution is 4.98. The van der Waals surface area contributed by atoms with Crippen molar-refractivity contribution in [1.29, 1.82) is 0 Å². The molecular weight excluding hydrogens is 864 g/mol. The fraction of sp³-hybridized carbons (Fsp3) is 1.00. The molecule has 27 nitrogen and oxygen atoms in total. The van der Waals surface area contributed by atoms with Crippen LogP contribution in [0.2, 0.25) is 0 Å². The Morgan fingerprint density at radius 3 is 1.29 bits per heavy atom. The van der Waals surface area contributed by atoms with Crippen LogP contribution in [0.15, 0.2) is 0 Å². The molecule has 63 heavy (non-hydrogen) atoms. The Hall–Kier alpha value is -1.08. The zero-order valence-corrected chi connectivity index (χ0v) is 34.4. The van der Waals surface area contributed by atoms with Crippen molar-refractivity contribution in [3.63, 3.8) is 0 Å². The molecule has 6 fully saturated rings. The average Bonchev–Trinajstić information content (AvgIpc) is 3.25. The predicted octanol–water partition coefficient (Wildman–Crippen LogP) is -9.99. The highest BCUT2D eigenvalue weighted by Crippen LogP contribution is 2.35. The minimum absolute atomic E-state index is 0.709. The first kappa shape index (κ1) is 51.3. The van der Waals surface area contributed by atoms with Crippen molar-refractivity contribution >= 4 is 0 Å². The fourth-order valence-corrected chi connectivity index (χ4v) is 8.18. The molecule has 368 valence electrons. The van der Waals surface area contributed by atoms with E-state index in [4.69, 9.17) is 52.1 Å². The Bertz CT molecular complexity index is 1440. The molecule has 30 atom stereocenters. The van der Waals surface area contributed by atoms with Gasteiger partial charge >= 0.3 is 0 Å². The maximum absolute atomic E-state index is 11.1. The van der Waals surface area contributed by atoms with Crippen molar-refractivity contribution in [3.05, 3.63) is 0 Å².